The number of thioether (sulfide) groups is 1. The van der Waals surface area contributed by atoms with E-state index in [4.69, 9.17) is 4.74 Å². The second kappa shape index (κ2) is 7.14. The number of carbonyl (C=O) groups is 2. The lowest BCUT2D eigenvalue weighted by molar-refractivity contribution is -0.115. The molecule has 0 spiro atoms. The second-order valence-electron chi connectivity index (χ2n) is 4.45. The van der Waals surface area contributed by atoms with Crippen LogP contribution in [0.15, 0.2) is 29.2 Å². The van der Waals surface area contributed by atoms with Crippen LogP contribution in [-0.2, 0) is 4.79 Å². The highest BCUT2D eigenvalue weighted by Gasteiger charge is 2.25. The zero-order valence-corrected chi connectivity index (χ0v) is 12.2. The van der Waals surface area contributed by atoms with Crippen molar-refractivity contribution < 1.29 is 14.3 Å². The molecule has 0 unspecified atom stereocenters. The number of hydrogen-bond acceptors (Lipinski definition) is 4. The van der Waals surface area contributed by atoms with E-state index < -0.39 is 0 Å². The van der Waals surface area contributed by atoms with Crippen molar-refractivity contribution in [1.82, 2.24) is 5.32 Å². The number of carbonyl (C=O) groups excluding carboxylic acids is 2. The number of ether oxygens (including phenoxy) is 1. The van der Waals surface area contributed by atoms with Gasteiger partial charge in [0.2, 0.25) is 0 Å². The highest BCUT2D eigenvalue weighted by atomic mass is 32.2. The molecule has 1 N–H and O–H groups in total. The first-order valence-electron chi connectivity index (χ1n) is 6.67. The van der Waals surface area contributed by atoms with Gasteiger partial charge < -0.3 is 4.74 Å². The standard InChI is InChI=1S/C15H17NO3S/c1-2-3-6-9-19-12-8-5-4-7-11(12)10-13-14(17)16-15(18)20-13/h4-5,7-8,10H,2-3,6,9H2,1H3,(H,16,17,18). The van der Waals surface area contributed by atoms with Gasteiger partial charge in [0.25, 0.3) is 11.1 Å². The lowest BCUT2D eigenvalue weighted by atomic mass is 10.2. The molecule has 1 aromatic rings. The Morgan fingerprint density at radius 3 is 2.75 bits per heavy atom. The van der Waals surface area contributed by atoms with Crippen molar-refractivity contribution >= 4 is 29.0 Å². The summed E-state index contributed by atoms with van der Waals surface area (Å²) < 4.78 is 5.74. The van der Waals surface area contributed by atoms with Crippen LogP contribution in [0.4, 0.5) is 4.79 Å². The fourth-order valence-corrected chi connectivity index (χ4v) is 2.50. The molecule has 1 fully saturated rings. The Morgan fingerprint density at radius 2 is 2.05 bits per heavy atom. The molecule has 1 aliphatic heterocycles. The van der Waals surface area contributed by atoms with Crippen molar-refractivity contribution in [3.63, 3.8) is 0 Å². The van der Waals surface area contributed by atoms with E-state index in [1.807, 2.05) is 24.3 Å². The molecule has 1 saturated heterocycles. The molecular weight excluding hydrogens is 274 g/mol. The zero-order valence-electron chi connectivity index (χ0n) is 11.3. The first-order chi connectivity index (χ1) is 9.70. The van der Waals surface area contributed by atoms with Gasteiger partial charge >= 0.3 is 0 Å². The fraction of sp³-hybridized carbons (Fsp3) is 0.333. The van der Waals surface area contributed by atoms with E-state index in [9.17, 15) is 9.59 Å². The van der Waals surface area contributed by atoms with Crippen LogP contribution >= 0.6 is 11.8 Å². The summed E-state index contributed by atoms with van der Waals surface area (Å²) in [6.07, 6.45) is 4.99. The van der Waals surface area contributed by atoms with Gasteiger partial charge in [-0.25, -0.2) is 0 Å². The van der Waals surface area contributed by atoms with Crippen molar-refractivity contribution in [2.24, 2.45) is 0 Å². The molecule has 0 atom stereocenters. The van der Waals surface area contributed by atoms with Crippen molar-refractivity contribution in [2.45, 2.75) is 26.2 Å². The molecule has 0 aliphatic carbocycles. The van der Waals surface area contributed by atoms with E-state index >= 15 is 0 Å². The van der Waals surface area contributed by atoms with E-state index in [0.717, 1.165) is 42.3 Å². The molecule has 2 rings (SSSR count). The maximum atomic E-state index is 11.5. The minimum absolute atomic E-state index is 0.331. The molecule has 4 nitrogen and oxygen atoms in total. The van der Waals surface area contributed by atoms with Crippen LogP contribution in [0.3, 0.4) is 0 Å². The topological polar surface area (TPSA) is 55.4 Å². The molecule has 106 valence electrons. The van der Waals surface area contributed by atoms with Gasteiger partial charge in [0.15, 0.2) is 0 Å². The average molecular weight is 291 g/mol. The summed E-state index contributed by atoms with van der Waals surface area (Å²) in [6, 6.07) is 7.52. The number of imide groups is 1. The highest BCUT2D eigenvalue weighted by Crippen LogP contribution is 2.29. The van der Waals surface area contributed by atoms with Gasteiger partial charge in [-0.05, 0) is 30.3 Å². The smallest absolute Gasteiger partial charge is 0.290 e. The summed E-state index contributed by atoms with van der Waals surface area (Å²) >= 11 is 0.915. The van der Waals surface area contributed by atoms with E-state index in [2.05, 4.69) is 12.2 Å². The summed E-state index contributed by atoms with van der Waals surface area (Å²) in [7, 11) is 0. The lowest BCUT2D eigenvalue weighted by Gasteiger charge is -2.09. The Labute approximate surface area is 122 Å². The quantitative estimate of drug-likeness (QED) is 0.643. The molecule has 0 bridgehead atoms. The van der Waals surface area contributed by atoms with Crippen LogP contribution in [0.1, 0.15) is 31.7 Å². The number of para-hydroxylation sites is 1. The Morgan fingerprint density at radius 1 is 1.25 bits per heavy atom. The minimum Gasteiger partial charge on any atom is -0.493 e. The van der Waals surface area contributed by atoms with Gasteiger partial charge in [0.05, 0.1) is 11.5 Å². The zero-order chi connectivity index (χ0) is 14.4. The number of amides is 2. The molecule has 0 radical (unpaired) electrons. The second-order valence-corrected chi connectivity index (χ2v) is 5.46. The van der Waals surface area contributed by atoms with Gasteiger partial charge in [-0.15, -0.1) is 0 Å². The van der Waals surface area contributed by atoms with Crippen molar-refractivity contribution in [3.05, 3.63) is 34.7 Å². The van der Waals surface area contributed by atoms with Gasteiger partial charge in [0, 0.05) is 5.56 Å². The highest BCUT2D eigenvalue weighted by molar-refractivity contribution is 8.18. The van der Waals surface area contributed by atoms with Crippen LogP contribution in [0.5, 0.6) is 5.75 Å². The molecular formula is C15H17NO3S. The molecule has 20 heavy (non-hydrogen) atoms. The monoisotopic (exact) mass is 291 g/mol. The molecule has 1 aromatic carbocycles. The maximum absolute atomic E-state index is 11.5. The summed E-state index contributed by atoms with van der Waals surface area (Å²) in [4.78, 5) is 23.1. The fourth-order valence-electron chi connectivity index (χ4n) is 1.83. The van der Waals surface area contributed by atoms with Crippen LogP contribution in [0, 0.1) is 0 Å². The third-order valence-electron chi connectivity index (χ3n) is 2.85. The number of unbranched alkanes of at least 4 members (excludes halogenated alkanes) is 2. The number of rotatable bonds is 6. The summed E-state index contributed by atoms with van der Waals surface area (Å²) in [6.45, 7) is 2.80. The van der Waals surface area contributed by atoms with E-state index in [1.165, 1.54) is 0 Å². The van der Waals surface area contributed by atoms with E-state index in [0.29, 0.717) is 11.5 Å². The predicted octanol–water partition coefficient (Wildman–Crippen LogP) is 3.58. The first kappa shape index (κ1) is 14.7. The maximum Gasteiger partial charge on any atom is 0.290 e. The van der Waals surface area contributed by atoms with Gasteiger partial charge in [0.1, 0.15) is 5.75 Å². The molecule has 0 saturated carbocycles. The summed E-state index contributed by atoms with van der Waals surface area (Å²) in [5.41, 5.74) is 0.816. The Bertz CT molecular complexity index is 540. The van der Waals surface area contributed by atoms with E-state index in [1.54, 1.807) is 6.08 Å². The lowest BCUT2D eigenvalue weighted by Crippen LogP contribution is -2.17. The first-order valence-corrected chi connectivity index (χ1v) is 7.49. The van der Waals surface area contributed by atoms with Crippen LogP contribution in [0.2, 0.25) is 0 Å². The molecule has 2 amide bonds. The summed E-state index contributed by atoms with van der Waals surface area (Å²) in [5, 5.41) is 1.91. The van der Waals surface area contributed by atoms with Gasteiger partial charge in [-0.2, -0.15) is 0 Å². The Kier molecular flexibility index (Phi) is 5.24. The molecule has 1 aliphatic rings. The Balaban J connectivity index is 2.09. The molecule has 0 aromatic heterocycles. The summed E-state index contributed by atoms with van der Waals surface area (Å²) in [5.74, 6) is 0.393. The third kappa shape index (κ3) is 3.87. The number of nitrogens with one attached hydrogen (secondary N) is 1. The Hall–Kier alpha value is -1.75. The minimum atomic E-state index is -0.346. The van der Waals surface area contributed by atoms with Gasteiger partial charge in [-0.1, -0.05) is 38.0 Å². The van der Waals surface area contributed by atoms with Crippen molar-refractivity contribution in [3.8, 4) is 5.75 Å². The number of hydrogen-bond donors (Lipinski definition) is 1. The van der Waals surface area contributed by atoms with E-state index in [-0.39, 0.29) is 11.1 Å². The van der Waals surface area contributed by atoms with Crippen molar-refractivity contribution in [1.29, 1.82) is 0 Å². The predicted molar refractivity (Wildman–Crippen MR) is 80.6 cm³/mol. The number of benzene rings is 1. The molecule has 5 heteroatoms. The average Bonchev–Trinajstić information content (AvgIpc) is 2.75. The SMILES string of the molecule is CCCCCOc1ccccc1C=C1SC(=O)NC1=O. The largest absolute Gasteiger partial charge is 0.493 e. The van der Waals surface area contributed by atoms with Crippen LogP contribution in [-0.4, -0.2) is 17.8 Å². The van der Waals surface area contributed by atoms with Crippen LogP contribution < -0.4 is 10.1 Å². The van der Waals surface area contributed by atoms with Crippen LogP contribution in [0.25, 0.3) is 6.08 Å². The van der Waals surface area contributed by atoms with Crippen molar-refractivity contribution in [2.75, 3.05) is 6.61 Å². The van der Waals surface area contributed by atoms with Gasteiger partial charge in [-0.3, -0.25) is 14.9 Å². The molecule has 1 heterocycles. The third-order valence-corrected chi connectivity index (χ3v) is 3.66. The normalized spacial score (nSPS) is 16.6.